The molecule has 2 atom stereocenters. The Bertz CT molecular complexity index is 426. The molecule has 1 aromatic rings. The van der Waals surface area contributed by atoms with Crippen LogP contribution in [0.25, 0.3) is 0 Å². The van der Waals surface area contributed by atoms with Gasteiger partial charge in [0.2, 0.25) is 0 Å². The highest BCUT2D eigenvalue weighted by Gasteiger charge is 2.45. The Labute approximate surface area is 92.4 Å². The van der Waals surface area contributed by atoms with Crippen molar-refractivity contribution in [2.45, 2.75) is 18.5 Å². The molecule has 2 fully saturated rings. The van der Waals surface area contributed by atoms with E-state index in [1.165, 1.54) is 12.5 Å². The summed E-state index contributed by atoms with van der Waals surface area (Å²) in [5.41, 5.74) is 0.514. The molecule has 2 saturated heterocycles. The lowest BCUT2D eigenvalue weighted by Gasteiger charge is -2.21. The highest BCUT2D eigenvalue weighted by Crippen LogP contribution is 2.24. The third kappa shape index (κ3) is 1.28. The minimum absolute atomic E-state index is 0.0231. The summed E-state index contributed by atoms with van der Waals surface area (Å²) in [4.78, 5) is 25.4. The van der Waals surface area contributed by atoms with E-state index in [4.69, 9.17) is 4.42 Å². The number of carbonyl (C=O) groups excluding carboxylic acids is 2. The van der Waals surface area contributed by atoms with Crippen molar-refractivity contribution in [3.63, 3.8) is 0 Å². The van der Waals surface area contributed by atoms with Crippen molar-refractivity contribution >= 4 is 11.7 Å². The van der Waals surface area contributed by atoms with Gasteiger partial charge in [0.1, 0.15) is 6.26 Å². The number of hydrogen-bond donors (Lipinski definition) is 1. The predicted molar refractivity (Wildman–Crippen MR) is 54.9 cm³/mol. The van der Waals surface area contributed by atoms with Crippen LogP contribution in [-0.4, -0.2) is 41.8 Å². The summed E-state index contributed by atoms with van der Waals surface area (Å²) in [6.07, 6.45) is 3.73. The molecule has 5 nitrogen and oxygen atoms in total. The fourth-order valence-electron chi connectivity index (χ4n) is 2.51. The van der Waals surface area contributed by atoms with Gasteiger partial charge in [-0.2, -0.15) is 0 Å². The number of fused-ring (bicyclic) bond motifs is 1. The second kappa shape index (κ2) is 3.45. The van der Waals surface area contributed by atoms with Gasteiger partial charge in [0.15, 0.2) is 5.78 Å². The van der Waals surface area contributed by atoms with Crippen molar-refractivity contribution in [1.82, 2.24) is 10.2 Å². The van der Waals surface area contributed by atoms with Gasteiger partial charge in [0, 0.05) is 0 Å². The van der Waals surface area contributed by atoms with Crippen LogP contribution in [0.4, 0.5) is 0 Å². The minimum atomic E-state index is -0.157. The molecule has 0 spiro atoms. The first-order valence-corrected chi connectivity index (χ1v) is 5.36. The quantitative estimate of drug-likeness (QED) is 0.725. The van der Waals surface area contributed by atoms with Gasteiger partial charge in [-0.1, -0.05) is 0 Å². The molecule has 1 amide bonds. The lowest BCUT2D eigenvalue weighted by atomic mass is 10.1. The molecule has 1 aromatic heterocycles. The number of amides is 1. The van der Waals surface area contributed by atoms with Crippen molar-refractivity contribution < 1.29 is 14.0 Å². The lowest BCUT2D eigenvalue weighted by Crippen LogP contribution is -2.38. The van der Waals surface area contributed by atoms with Gasteiger partial charge in [0.25, 0.3) is 5.91 Å². The van der Waals surface area contributed by atoms with Gasteiger partial charge in [0.05, 0.1) is 30.5 Å². The highest BCUT2D eigenvalue weighted by molar-refractivity contribution is 6.00. The van der Waals surface area contributed by atoms with Gasteiger partial charge in [-0.25, -0.2) is 0 Å². The molecule has 2 aliphatic heterocycles. The predicted octanol–water partition coefficient (Wildman–Crippen LogP) is 0.0350. The zero-order valence-corrected chi connectivity index (χ0v) is 8.68. The summed E-state index contributed by atoms with van der Waals surface area (Å²) in [6, 6.07) is 1.49. The molecule has 0 bridgehead atoms. The van der Waals surface area contributed by atoms with E-state index in [0.29, 0.717) is 5.56 Å². The van der Waals surface area contributed by atoms with Gasteiger partial charge in [-0.3, -0.25) is 9.59 Å². The molecule has 0 aliphatic carbocycles. The van der Waals surface area contributed by atoms with Gasteiger partial charge >= 0.3 is 0 Å². The fourth-order valence-corrected chi connectivity index (χ4v) is 2.51. The van der Waals surface area contributed by atoms with Crippen molar-refractivity contribution in [1.29, 1.82) is 0 Å². The van der Waals surface area contributed by atoms with E-state index in [0.717, 1.165) is 13.0 Å². The molecule has 2 unspecified atom stereocenters. The van der Waals surface area contributed by atoms with E-state index in [-0.39, 0.29) is 30.3 Å². The normalized spacial score (nSPS) is 28.5. The first-order valence-electron chi connectivity index (χ1n) is 5.36. The molecule has 2 aliphatic rings. The molecule has 0 radical (unpaired) electrons. The minimum Gasteiger partial charge on any atom is -0.472 e. The maximum Gasteiger partial charge on any atom is 0.257 e. The Balaban J connectivity index is 1.86. The standard InChI is InChI=1S/C11H12N2O3/c14-9-5-13(8-1-3-12-10(8)9)11(15)7-2-4-16-6-7/h2,4,6,8,10,12H,1,3,5H2. The van der Waals surface area contributed by atoms with Crippen LogP contribution in [0.15, 0.2) is 23.0 Å². The molecule has 3 rings (SSSR count). The van der Waals surface area contributed by atoms with Crippen LogP contribution >= 0.6 is 0 Å². The number of furan rings is 1. The molecule has 0 saturated carbocycles. The van der Waals surface area contributed by atoms with E-state index in [1.54, 1.807) is 11.0 Å². The summed E-state index contributed by atoms with van der Waals surface area (Å²) < 4.78 is 4.89. The molecule has 3 heterocycles. The van der Waals surface area contributed by atoms with Crippen LogP contribution in [0, 0.1) is 0 Å². The molecule has 84 valence electrons. The Morgan fingerprint density at radius 1 is 1.56 bits per heavy atom. The summed E-state index contributed by atoms with van der Waals surface area (Å²) >= 11 is 0. The smallest absolute Gasteiger partial charge is 0.257 e. The number of hydrogen-bond acceptors (Lipinski definition) is 4. The maximum atomic E-state index is 12.1. The zero-order valence-electron chi connectivity index (χ0n) is 8.68. The van der Waals surface area contributed by atoms with Crippen LogP contribution in [0.3, 0.4) is 0 Å². The summed E-state index contributed by atoms with van der Waals surface area (Å²) in [7, 11) is 0. The summed E-state index contributed by atoms with van der Waals surface area (Å²) in [6.45, 7) is 1.02. The monoisotopic (exact) mass is 220 g/mol. The first kappa shape index (κ1) is 9.59. The molecule has 5 heteroatoms. The number of Topliss-reactive ketones (excluding diaryl/α,β-unsaturated/α-hetero) is 1. The number of nitrogens with zero attached hydrogens (tertiary/aromatic N) is 1. The van der Waals surface area contributed by atoms with Crippen molar-refractivity contribution in [2.75, 3.05) is 13.1 Å². The number of nitrogens with one attached hydrogen (secondary N) is 1. The largest absolute Gasteiger partial charge is 0.472 e. The van der Waals surface area contributed by atoms with E-state index in [9.17, 15) is 9.59 Å². The zero-order chi connectivity index (χ0) is 11.1. The third-order valence-corrected chi connectivity index (χ3v) is 3.29. The van der Waals surface area contributed by atoms with E-state index in [1.807, 2.05) is 0 Å². The van der Waals surface area contributed by atoms with Crippen LogP contribution in [-0.2, 0) is 4.79 Å². The molecule has 0 aromatic carbocycles. The third-order valence-electron chi connectivity index (χ3n) is 3.29. The number of likely N-dealkylation sites (tertiary alicyclic amines) is 1. The highest BCUT2D eigenvalue weighted by atomic mass is 16.3. The van der Waals surface area contributed by atoms with Gasteiger partial charge in [-0.15, -0.1) is 0 Å². The molecular formula is C11H12N2O3. The molecular weight excluding hydrogens is 208 g/mol. The second-order valence-corrected chi connectivity index (χ2v) is 4.20. The Hall–Kier alpha value is -1.62. The maximum absolute atomic E-state index is 12.1. The van der Waals surface area contributed by atoms with Crippen LogP contribution in [0.1, 0.15) is 16.8 Å². The van der Waals surface area contributed by atoms with Gasteiger partial charge in [-0.05, 0) is 19.0 Å². The lowest BCUT2D eigenvalue weighted by molar-refractivity contribution is -0.118. The van der Waals surface area contributed by atoms with Crippen LogP contribution < -0.4 is 5.32 Å². The average Bonchev–Trinajstić information content (AvgIpc) is 2.94. The molecule has 16 heavy (non-hydrogen) atoms. The number of ketones is 1. The van der Waals surface area contributed by atoms with E-state index in [2.05, 4.69) is 5.32 Å². The Morgan fingerprint density at radius 3 is 3.19 bits per heavy atom. The van der Waals surface area contributed by atoms with E-state index >= 15 is 0 Å². The summed E-state index contributed by atoms with van der Waals surface area (Å²) in [5.74, 6) is -0.00218. The first-order chi connectivity index (χ1) is 7.77. The number of carbonyl (C=O) groups is 2. The topological polar surface area (TPSA) is 62.6 Å². The SMILES string of the molecule is O=C1CN(C(=O)c2ccoc2)C2CCNC12. The van der Waals surface area contributed by atoms with E-state index < -0.39 is 0 Å². The Kier molecular flexibility index (Phi) is 2.07. The fraction of sp³-hybridized carbons (Fsp3) is 0.455. The second-order valence-electron chi connectivity index (χ2n) is 4.20. The number of rotatable bonds is 1. The van der Waals surface area contributed by atoms with Crippen molar-refractivity contribution in [3.8, 4) is 0 Å². The van der Waals surface area contributed by atoms with Crippen molar-refractivity contribution in [3.05, 3.63) is 24.2 Å². The van der Waals surface area contributed by atoms with Crippen molar-refractivity contribution in [2.24, 2.45) is 0 Å². The van der Waals surface area contributed by atoms with Gasteiger partial charge < -0.3 is 14.6 Å². The average molecular weight is 220 g/mol. The van der Waals surface area contributed by atoms with Crippen LogP contribution in [0.2, 0.25) is 0 Å². The Morgan fingerprint density at radius 2 is 2.44 bits per heavy atom. The summed E-state index contributed by atoms with van der Waals surface area (Å²) in [5, 5.41) is 3.13. The molecule has 1 N–H and O–H groups in total. The van der Waals surface area contributed by atoms with Crippen LogP contribution in [0.5, 0.6) is 0 Å².